The van der Waals surface area contributed by atoms with Crippen LogP contribution in [0.25, 0.3) is 0 Å². The number of carboxylic acid groups (broad SMARTS) is 1. The number of hydrogen-bond acceptors (Lipinski definition) is 2. The highest BCUT2D eigenvalue weighted by molar-refractivity contribution is 5.76. The predicted octanol–water partition coefficient (Wildman–Crippen LogP) is 5.72. The lowest BCUT2D eigenvalue weighted by atomic mass is 9.86. The van der Waals surface area contributed by atoms with Gasteiger partial charge in [0.2, 0.25) is 0 Å². The number of aliphatic carboxylic acids is 1. The normalized spacial score (nSPS) is 15.7. The van der Waals surface area contributed by atoms with Gasteiger partial charge in [-0.05, 0) is 44.9 Å². The summed E-state index contributed by atoms with van der Waals surface area (Å²) in [7, 11) is 0. The molecule has 0 spiro atoms. The van der Waals surface area contributed by atoms with Crippen LogP contribution in [-0.2, 0) is 4.79 Å². The molecule has 2 atom stereocenters. The number of rotatable bonds is 15. The van der Waals surface area contributed by atoms with Crippen LogP contribution in [0.5, 0.6) is 0 Å². The molecule has 0 fully saturated rings. The smallest absolute Gasteiger partial charge is 0.335 e. The molecule has 0 rings (SSSR count). The van der Waals surface area contributed by atoms with E-state index in [9.17, 15) is 9.90 Å². The van der Waals surface area contributed by atoms with Gasteiger partial charge in [-0.15, -0.1) is 0 Å². The van der Waals surface area contributed by atoms with Gasteiger partial charge in [-0.25, -0.2) is 4.79 Å². The fraction of sp³-hybridized carbons (Fsp3) is 0.850. The third-order valence-corrected chi connectivity index (χ3v) is 4.79. The molecule has 2 N–H and O–H groups in total. The molecule has 2 unspecified atom stereocenters. The van der Waals surface area contributed by atoms with Gasteiger partial charge in [-0.1, -0.05) is 70.9 Å². The van der Waals surface area contributed by atoms with Crippen LogP contribution in [0.4, 0.5) is 0 Å². The molecule has 0 saturated carbocycles. The van der Waals surface area contributed by atoms with E-state index in [0.717, 1.165) is 32.1 Å². The number of aliphatic hydroxyl groups is 1. The maximum Gasteiger partial charge on any atom is 0.335 e. The Hall–Kier alpha value is -0.830. The van der Waals surface area contributed by atoms with E-state index in [1.54, 1.807) is 0 Å². The Morgan fingerprint density at radius 1 is 0.957 bits per heavy atom. The molecule has 0 aliphatic rings. The van der Waals surface area contributed by atoms with E-state index >= 15 is 0 Å². The van der Waals surface area contributed by atoms with Crippen molar-refractivity contribution in [3.05, 3.63) is 12.2 Å². The first kappa shape index (κ1) is 22.2. The highest BCUT2D eigenvalue weighted by Crippen LogP contribution is 2.23. The molecule has 3 nitrogen and oxygen atoms in total. The summed E-state index contributed by atoms with van der Waals surface area (Å²) in [6.45, 7) is 5.46. The van der Waals surface area contributed by atoms with Crippen LogP contribution in [0.3, 0.4) is 0 Å². The molecule has 0 aliphatic carbocycles. The van der Waals surface area contributed by atoms with Gasteiger partial charge < -0.3 is 10.2 Å². The van der Waals surface area contributed by atoms with Crippen LogP contribution in [0.1, 0.15) is 97.8 Å². The lowest BCUT2D eigenvalue weighted by molar-refractivity contribution is -0.162. The second-order valence-corrected chi connectivity index (χ2v) is 7.02. The summed E-state index contributed by atoms with van der Waals surface area (Å²) >= 11 is 0. The molecule has 0 aromatic heterocycles. The highest BCUT2D eigenvalue weighted by Gasteiger charge is 2.35. The predicted molar refractivity (Wildman–Crippen MR) is 97.6 cm³/mol. The molecule has 0 heterocycles. The van der Waals surface area contributed by atoms with E-state index in [4.69, 9.17) is 5.11 Å². The molecule has 0 amide bonds. The number of unbranched alkanes of at least 4 members (excludes halogenated alkanes) is 9. The van der Waals surface area contributed by atoms with Gasteiger partial charge in [0.25, 0.3) is 0 Å². The fourth-order valence-corrected chi connectivity index (χ4v) is 2.66. The Morgan fingerprint density at radius 3 is 1.96 bits per heavy atom. The molecule has 0 aliphatic heterocycles. The van der Waals surface area contributed by atoms with E-state index in [1.807, 2.05) is 6.92 Å². The van der Waals surface area contributed by atoms with Crippen molar-refractivity contribution in [3.63, 3.8) is 0 Å². The summed E-state index contributed by atoms with van der Waals surface area (Å²) < 4.78 is 0. The first-order valence-electron chi connectivity index (χ1n) is 9.53. The molecule has 0 bridgehead atoms. The van der Waals surface area contributed by atoms with Crippen LogP contribution >= 0.6 is 0 Å². The minimum Gasteiger partial charge on any atom is -0.479 e. The van der Waals surface area contributed by atoms with Gasteiger partial charge in [-0.3, -0.25) is 0 Å². The largest absolute Gasteiger partial charge is 0.479 e. The molecule has 23 heavy (non-hydrogen) atoms. The minimum absolute atomic E-state index is 0.205. The quantitative estimate of drug-likeness (QED) is 0.299. The topological polar surface area (TPSA) is 57.5 Å². The molecule has 0 aromatic rings. The first-order chi connectivity index (χ1) is 10.9. The lowest BCUT2D eigenvalue weighted by Crippen LogP contribution is -2.41. The average Bonchev–Trinajstić information content (AvgIpc) is 2.51. The first-order valence-corrected chi connectivity index (χ1v) is 9.53. The van der Waals surface area contributed by atoms with Crippen molar-refractivity contribution < 1.29 is 15.0 Å². The van der Waals surface area contributed by atoms with Crippen molar-refractivity contribution in [1.29, 1.82) is 0 Å². The van der Waals surface area contributed by atoms with Crippen LogP contribution in [0, 0.1) is 5.92 Å². The zero-order chi connectivity index (χ0) is 17.6. The molecule has 3 heteroatoms. The van der Waals surface area contributed by atoms with E-state index in [0.29, 0.717) is 0 Å². The third-order valence-electron chi connectivity index (χ3n) is 4.79. The zero-order valence-electron chi connectivity index (χ0n) is 15.5. The van der Waals surface area contributed by atoms with Crippen LogP contribution < -0.4 is 0 Å². The lowest BCUT2D eigenvalue weighted by Gasteiger charge is -2.25. The van der Waals surface area contributed by atoms with Gasteiger partial charge in [-0.2, -0.15) is 0 Å². The van der Waals surface area contributed by atoms with E-state index in [-0.39, 0.29) is 5.92 Å². The molecular weight excluding hydrogens is 288 g/mol. The Kier molecular flexibility index (Phi) is 13.1. The maximum atomic E-state index is 10.9. The Balaban J connectivity index is 3.45. The number of hydrogen-bond donors (Lipinski definition) is 2. The molecular formula is C20H38O3. The van der Waals surface area contributed by atoms with Gasteiger partial charge >= 0.3 is 5.97 Å². The van der Waals surface area contributed by atoms with Gasteiger partial charge in [0.1, 0.15) is 0 Å². The van der Waals surface area contributed by atoms with Crippen LogP contribution in [-0.4, -0.2) is 21.8 Å². The summed E-state index contributed by atoms with van der Waals surface area (Å²) in [6, 6.07) is 0. The maximum absolute atomic E-state index is 10.9. The van der Waals surface area contributed by atoms with Crippen molar-refractivity contribution in [2.45, 2.75) is 103 Å². The monoisotopic (exact) mass is 326 g/mol. The van der Waals surface area contributed by atoms with Crippen LogP contribution in [0.15, 0.2) is 12.2 Å². The second-order valence-electron chi connectivity index (χ2n) is 7.02. The van der Waals surface area contributed by atoms with Crippen molar-refractivity contribution in [3.8, 4) is 0 Å². The minimum atomic E-state index is -1.60. The summed E-state index contributed by atoms with van der Waals surface area (Å²) in [4.78, 5) is 10.9. The van der Waals surface area contributed by atoms with Gasteiger partial charge in [0, 0.05) is 0 Å². The summed E-state index contributed by atoms with van der Waals surface area (Å²) in [5.41, 5.74) is -1.60. The Morgan fingerprint density at radius 2 is 1.43 bits per heavy atom. The van der Waals surface area contributed by atoms with Gasteiger partial charge in [0.15, 0.2) is 5.60 Å². The molecule has 136 valence electrons. The van der Waals surface area contributed by atoms with Crippen molar-refractivity contribution in [2.24, 2.45) is 5.92 Å². The van der Waals surface area contributed by atoms with Crippen molar-refractivity contribution in [1.82, 2.24) is 0 Å². The standard InChI is InChI=1S/C20H38O3/c1-4-5-6-7-8-9-10-11-12-13-14-15-16-17-18(2)20(3,23)19(21)22/h11-12,18,23H,4-10,13-17H2,1-3H3,(H,21,22). The van der Waals surface area contributed by atoms with E-state index in [1.165, 1.54) is 51.9 Å². The van der Waals surface area contributed by atoms with Gasteiger partial charge in [0.05, 0.1) is 0 Å². The average molecular weight is 327 g/mol. The zero-order valence-corrected chi connectivity index (χ0v) is 15.5. The van der Waals surface area contributed by atoms with Crippen molar-refractivity contribution in [2.75, 3.05) is 0 Å². The number of allylic oxidation sites excluding steroid dienone is 2. The molecule has 0 saturated heterocycles. The molecule has 0 radical (unpaired) electrons. The Bertz CT molecular complexity index is 321. The molecule has 0 aromatic carbocycles. The summed E-state index contributed by atoms with van der Waals surface area (Å²) in [6.07, 6.45) is 19.0. The third kappa shape index (κ3) is 11.4. The Labute approximate surface area is 143 Å². The number of carboxylic acids is 1. The fourth-order valence-electron chi connectivity index (χ4n) is 2.66. The highest BCUT2D eigenvalue weighted by atomic mass is 16.4. The van der Waals surface area contributed by atoms with E-state index in [2.05, 4.69) is 19.1 Å². The van der Waals surface area contributed by atoms with Crippen molar-refractivity contribution >= 4 is 5.97 Å². The van der Waals surface area contributed by atoms with Crippen LogP contribution in [0.2, 0.25) is 0 Å². The SMILES string of the molecule is CCCCCCCCC=CCCCCCC(C)C(C)(O)C(=O)O. The summed E-state index contributed by atoms with van der Waals surface area (Å²) in [5.74, 6) is -1.33. The van der Waals surface area contributed by atoms with E-state index < -0.39 is 11.6 Å². The summed E-state index contributed by atoms with van der Waals surface area (Å²) in [5, 5.41) is 18.8. The number of carbonyl (C=O) groups is 1. The second kappa shape index (κ2) is 13.6.